The van der Waals surface area contributed by atoms with Gasteiger partial charge in [0.2, 0.25) is 0 Å². The van der Waals surface area contributed by atoms with Gasteiger partial charge < -0.3 is 14.2 Å². The van der Waals surface area contributed by atoms with Gasteiger partial charge in [0.25, 0.3) is 0 Å². The normalized spacial score (nSPS) is 13.1. The molecule has 0 N–H and O–H groups in total. The molecule has 0 saturated heterocycles. The minimum Gasteiger partial charge on any atom is -0.462 e. The predicted molar refractivity (Wildman–Crippen MR) is 334 cm³/mol. The number of allylic oxidation sites excluding steroid dienone is 24. The summed E-state index contributed by atoms with van der Waals surface area (Å²) in [7, 11) is 0. The molecule has 1 unspecified atom stereocenters. The fraction of sp³-hybridized carbons (Fsp3) is 0.620. The van der Waals surface area contributed by atoms with Crippen molar-refractivity contribution in [1.82, 2.24) is 0 Å². The molecule has 1 atom stereocenters. The van der Waals surface area contributed by atoms with Gasteiger partial charge in [0.15, 0.2) is 6.10 Å². The molecule has 0 aliphatic rings. The van der Waals surface area contributed by atoms with Crippen LogP contribution in [0.3, 0.4) is 0 Å². The molecule has 0 radical (unpaired) electrons. The number of esters is 3. The molecule has 0 heterocycles. The van der Waals surface area contributed by atoms with Crippen LogP contribution in [0.25, 0.3) is 0 Å². The van der Waals surface area contributed by atoms with Gasteiger partial charge in [0.05, 0.1) is 0 Å². The van der Waals surface area contributed by atoms with E-state index in [-0.39, 0.29) is 31.1 Å². The maximum Gasteiger partial charge on any atom is 0.306 e. The second-order valence-electron chi connectivity index (χ2n) is 20.2. The van der Waals surface area contributed by atoms with Crippen molar-refractivity contribution in [3.63, 3.8) is 0 Å². The van der Waals surface area contributed by atoms with Gasteiger partial charge in [-0.2, -0.15) is 0 Å². The lowest BCUT2D eigenvalue weighted by atomic mass is 10.1. The average molecular weight is 1060 g/mol. The van der Waals surface area contributed by atoms with Gasteiger partial charge in [0, 0.05) is 19.3 Å². The molecule has 0 fully saturated rings. The minimum absolute atomic E-state index is 0.102. The first kappa shape index (κ1) is 72.3. The van der Waals surface area contributed by atoms with E-state index in [4.69, 9.17) is 14.2 Å². The molecule has 0 spiro atoms. The van der Waals surface area contributed by atoms with E-state index in [2.05, 4.69) is 167 Å². The molecular weight excluding hydrogens is 949 g/mol. The third kappa shape index (κ3) is 62.0. The summed E-state index contributed by atoms with van der Waals surface area (Å²) < 4.78 is 16.9. The third-order valence-corrected chi connectivity index (χ3v) is 12.8. The van der Waals surface area contributed by atoms with Crippen molar-refractivity contribution in [2.24, 2.45) is 0 Å². The zero-order valence-corrected chi connectivity index (χ0v) is 49.7. The van der Waals surface area contributed by atoms with Crippen LogP contribution in [0.5, 0.6) is 0 Å². The fourth-order valence-electron chi connectivity index (χ4n) is 8.17. The number of carbonyl (C=O) groups is 3. The van der Waals surface area contributed by atoms with Crippen LogP contribution < -0.4 is 0 Å². The van der Waals surface area contributed by atoms with E-state index in [0.717, 1.165) is 161 Å². The van der Waals surface area contributed by atoms with Crippen molar-refractivity contribution < 1.29 is 28.6 Å². The van der Waals surface area contributed by atoms with Crippen molar-refractivity contribution in [3.8, 4) is 0 Å². The maximum atomic E-state index is 12.9. The summed E-state index contributed by atoms with van der Waals surface area (Å²) in [5.41, 5.74) is 0. The summed E-state index contributed by atoms with van der Waals surface area (Å²) in [6.07, 6.45) is 91.2. The molecule has 0 rings (SSSR count). The Hall–Kier alpha value is -4.71. The summed E-state index contributed by atoms with van der Waals surface area (Å²) in [6.45, 7) is 6.35. The molecule has 0 aliphatic carbocycles. The van der Waals surface area contributed by atoms with E-state index in [1.165, 1.54) is 64.2 Å². The van der Waals surface area contributed by atoms with Crippen LogP contribution in [0.15, 0.2) is 146 Å². The number of hydrogen-bond acceptors (Lipinski definition) is 6. The van der Waals surface area contributed by atoms with Crippen LogP contribution in [0.1, 0.15) is 265 Å². The van der Waals surface area contributed by atoms with Gasteiger partial charge >= 0.3 is 17.9 Å². The summed E-state index contributed by atoms with van der Waals surface area (Å²) in [5.74, 6) is -0.950. The van der Waals surface area contributed by atoms with Crippen molar-refractivity contribution in [2.75, 3.05) is 13.2 Å². The second-order valence-corrected chi connectivity index (χ2v) is 20.2. The van der Waals surface area contributed by atoms with Crippen LogP contribution in [-0.2, 0) is 28.6 Å². The first-order valence-corrected chi connectivity index (χ1v) is 31.3. The molecule has 0 saturated carbocycles. The Morgan fingerprint density at radius 3 is 0.792 bits per heavy atom. The van der Waals surface area contributed by atoms with Crippen LogP contribution in [-0.4, -0.2) is 37.2 Å². The second kappa shape index (κ2) is 63.8. The topological polar surface area (TPSA) is 78.9 Å². The average Bonchev–Trinajstić information content (AvgIpc) is 3.43. The van der Waals surface area contributed by atoms with Gasteiger partial charge in [-0.1, -0.05) is 250 Å². The number of rotatable bonds is 55. The monoisotopic (exact) mass is 1060 g/mol. The van der Waals surface area contributed by atoms with Crippen molar-refractivity contribution in [1.29, 1.82) is 0 Å². The Kier molecular flexibility index (Phi) is 59.9. The molecule has 6 nitrogen and oxygen atoms in total. The highest BCUT2D eigenvalue weighted by Gasteiger charge is 2.19. The highest BCUT2D eigenvalue weighted by molar-refractivity contribution is 5.71. The highest BCUT2D eigenvalue weighted by atomic mass is 16.6. The first-order valence-electron chi connectivity index (χ1n) is 31.3. The first-order chi connectivity index (χ1) is 38.0. The van der Waals surface area contributed by atoms with Crippen molar-refractivity contribution in [2.45, 2.75) is 271 Å². The summed E-state index contributed by atoms with van der Waals surface area (Å²) >= 11 is 0. The Balaban J connectivity index is 4.50. The summed E-state index contributed by atoms with van der Waals surface area (Å²) in [4.78, 5) is 38.3. The van der Waals surface area contributed by atoms with E-state index in [9.17, 15) is 14.4 Å². The fourth-order valence-corrected chi connectivity index (χ4v) is 8.17. The van der Waals surface area contributed by atoms with Crippen LogP contribution in [0, 0.1) is 0 Å². The molecule has 0 aromatic carbocycles. The van der Waals surface area contributed by atoms with Crippen LogP contribution in [0.4, 0.5) is 0 Å². The number of hydrogen-bond donors (Lipinski definition) is 0. The molecule has 0 aliphatic heterocycles. The molecule has 0 amide bonds. The van der Waals surface area contributed by atoms with Gasteiger partial charge in [-0.05, 0) is 141 Å². The SMILES string of the molecule is CC/C=C\C/C=C\C/C=C\C/C=C\C/C=C\C/C=C\CCCCCCC(=O)OCC(COC(=O)CCCCCCCCC/C=C\C/C=C\CCCCC)OC(=O)CCCCCCCC/C=C\C/C=C\C/C=C\C/C=C\CC. The smallest absolute Gasteiger partial charge is 0.306 e. The zero-order valence-electron chi connectivity index (χ0n) is 49.7. The molecule has 6 heteroatoms. The van der Waals surface area contributed by atoms with Crippen LogP contribution >= 0.6 is 0 Å². The minimum atomic E-state index is -0.808. The molecular formula is C71H114O6. The number of unbranched alkanes of at least 4 members (excludes halogenated alkanes) is 20. The Bertz CT molecular complexity index is 1700. The van der Waals surface area contributed by atoms with Crippen molar-refractivity contribution in [3.05, 3.63) is 146 Å². The maximum absolute atomic E-state index is 12.9. The zero-order chi connectivity index (χ0) is 55.7. The lowest BCUT2D eigenvalue weighted by Gasteiger charge is -2.18. The molecule has 77 heavy (non-hydrogen) atoms. The highest BCUT2D eigenvalue weighted by Crippen LogP contribution is 2.14. The van der Waals surface area contributed by atoms with E-state index in [1.807, 2.05) is 0 Å². The molecule has 434 valence electrons. The Labute approximate surface area is 474 Å². The largest absolute Gasteiger partial charge is 0.462 e. The quantitative estimate of drug-likeness (QED) is 0.0261. The lowest BCUT2D eigenvalue weighted by Crippen LogP contribution is -2.30. The predicted octanol–water partition coefficient (Wildman–Crippen LogP) is 21.5. The van der Waals surface area contributed by atoms with E-state index in [1.54, 1.807) is 0 Å². The summed E-state index contributed by atoms with van der Waals surface area (Å²) in [6, 6.07) is 0. The summed E-state index contributed by atoms with van der Waals surface area (Å²) in [5, 5.41) is 0. The molecule has 0 aromatic heterocycles. The van der Waals surface area contributed by atoms with Crippen molar-refractivity contribution >= 4 is 17.9 Å². The lowest BCUT2D eigenvalue weighted by molar-refractivity contribution is -0.167. The van der Waals surface area contributed by atoms with Gasteiger partial charge in [-0.15, -0.1) is 0 Å². The van der Waals surface area contributed by atoms with E-state index < -0.39 is 6.10 Å². The standard InChI is InChI=1S/C71H114O6/c1-4-7-10-13-16-19-22-25-28-31-33-34-35-36-38-40-43-46-49-52-55-58-61-64-70(73)76-67-68(66-75-69(72)63-60-57-54-51-48-45-42-39-30-27-24-21-18-15-12-9-6-3)77-71(74)65-62-59-56-53-50-47-44-41-37-32-29-26-23-20-17-14-11-8-5-2/h7-8,10-11,16-21,25-30,33-34,36-38,41,43,46,68H,4-6,9,12-15,22-24,31-32,35,39-40,42,44-45,47-67H2,1-3H3/b10-7-,11-8-,19-16-,20-17-,21-18-,28-25-,29-26-,30-27-,34-33-,38-36-,41-37-,46-43-. The van der Waals surface area contributed by atoms with E-state index >= 15 is 0 Å². The number of carbonyl (C=O) groups excluding carboxylic acids is 3. The van der Waals surface area contributed by atoms with Gasteiger partial charge in [0.1, 0.15) is 13.2 Å². The Morgan fingerprint density at radius 2 is 0.506 bits per heavy atom. The molecule has 0 aromatic rings. The Morgan fingerprint density at radius 1 is 0.273 bits per heavy atom. The van der Waals surface area contributed by atoms with Crippen LogP contribution in [0.2, 0.25) is 0 Å². The number of ether oxygens (including phenoxy) is 3. The third-order valence-electron chi connectivity index (χ3n) is 12.8. The molecule has 0 bridgehead atoms. The van der Waals surface area contributed by atoms with Gasteiger partial charge in [-0.3, -0.25) is 14.4 Å². The van der Waals surface area contributed by atoms with Gasteiger partial charge in [-0.25, -0.2) is 0 Å². The van der Waals surface area contributed by atoms with E-state index in [0.29, 0.717) is 19.3 Å².